The molecule has 19 heteroatoms. The highest BCUT2D eigenvalue weighted by Crippen LogP contribution is 2.51. The zero-order valence-corrected chi connectivity index (χ0v) is 29.3. The van der Waals surface area contributed by atoms with E-state index in [4.69, 9.17) is 37.9 Å². The predicted molar refractivity (Wildman–Crippen MR) is 178 cm³/mol. The average molecular weight is 779 g/mol. The van der Waals surface area contributed by atoms with Crippen LogP contribution in [0.1, 0.15) is 12.5 Å². The van der Waals surface area contributed by atoms with E-state index in [0.717, 1.165) is 12.3 Å². The van der Waals surface area contributed by atoms with Gasteiger partial charge in [-0.15, -0.1) is 0 Å². The van der Waals surface area contributed by atoms with E-state index in [9.17, 15) is 55.2 Å². The summed E-state index contributed by atoms with van der Waals surface area (Å²) in [7, 11) is 1.17. The van der Waals surface area contributed by atoms with Gasteiger partial charge in [-0.25, -0.2) is 14.4 Å². The average Bonchev–Trinajstić information content (AvgIpc) is 3.73. The Morgan fingerprint density at radius 3 is 2.11 bits per heavy atom. The molecule has 0 bridgehead atoms. The molecule has 2 saturated heterocycles. The quantitative estimate of drug-likeness (QED) is 0.0483. The Hall–Kier alpha value is -4.25. The topological polar surface area (TPSA) is 287 Å². The van der Waals surface area contributed by atoms with Gasteiger partial charge in [-0.1, -0.05) is 18.2 Å². The van der Waals surface area contributed by atoms with Gasteiger partial charge < -0.3 is 78.7 Å². The first-order chi connectivity index (χ1) is 26.2. The maximum absolute atomic E-state index is 13.3. The monoisotopic (exact) mass is 778 g/mol. The minimum atomic E-state index is -1.79. The summed E-state index contributed by atoms with van der Waals surface area (Å²) < 4.78 is 44.3. The Morgan fingerprint density at radius 2 is 1.49 bits per heavy atom. The number of carbonyl (C=O) groups is 3. The summed E-state index contributed by atoms with van der Waals surface area (Å²) in [5.41, 5.74) is -1.12. The normalized spacial score (nSPS) is 38.8. The van der Waals surface area contributed by atoms with Crippen LogP contribution in [0.2, 0.25) is 0 Å². The molecule has 8 N–H and O–H groups in total. The number of fused-ring (bicyclic) bond motifs is 2. The lowest BCUT2D eigenvalue weighted by molar-refractivity contribution is -0.344. The molecule has 2 fully saturated rings. The molecule has 4 heterocycles. The lowest BCUT2D eigenvalue weighted by Crippen LogP contribution is -2.60. The van der Waals surface area contributed by atoms with Crippen LogP contribution < -0.4 is 4.74 Å². The van der Waals surface area contributed by atoms with E-state index in [-0.39, 0.29) is 16.9 Å². The van der Waals surface area contributed by atoms with Crippen LogP contribution in [0.25, 0.3) is 6.08 Å². The zero-order valence-electron chi connectivity index (χ0n) is 29.3. The van der Waals surface area contributed by atoms with Crippen molar-refractivity contribution >= 4 is 24.0 Å². The number of hydrogen-bond donors (Lipinski definition) is 8. The highest BCUT2D eigenvalue weighted by atomic mass is 16.8. The van der Waals surface area contributed by atoms with Crippen LogP contribution in [0.4, 0.5) is 0 Å². The molecule has 0 amide bonds. The van der Waals surface area contributed by atoms with Crippen molar-refractivity contribution in [1.82, 2.24) is 0 Å². The summed E-state index contributed by atoms with van der Waals surface area (Å²) >= 11 is 0. The Bertz CT molecular complexity index is 1700. The van der Waals surface area contributed by atoms with Crippen LogP contribution in [0.15, 0.2) is 66.0 Å². The van der Waals surface area contributed by atoms with E-state index < -0.39 is 122 Å². The molecule has 0 aromatic heterocycles. The van der Waals surface area contributed by atoms with Gasteiger partial charge in [0.25, 0.3) is 0 Å². The SMILES string of the molecule is COC(=O)C1=CO[C@@H](O[C@@H]2O[C@H](CO)[C@@H](O)[C@H](O)[C@H]2O)[C@H]2[C@@H]1C=C[C@]21C=C([C@H](C)OC(=O)/C=C/c2ccc(O[C@@H]3O[C@H](CO)[C@@H](O)[C@H](O)[C@H]3O)cc2)C(=O)O1. The van der Waals surface area contributed by atoms with Crippen LogP contribution in [0, 0.1) is 11.8 Å². The number of aliphatic hydroxyl groups is 8. The van der Waals surface area contributed by atoms with Crippen LogP contribution in [-0.2, 0) is 47.5 Å². The van der Waals surface area contributed by atoms with Crippen molar-refractivity contribution in [1.29, 1.82) is 0 Å². The Balaban J connectivity index is 1.13. The number of hydrogen-bond acceptors (Lipinski definition) is 19. The highest BCUT2D eigenvalue weighted by molar-refractivity contribution is 5.95. The highest BCUT2D eigenvalue weighted by Gasteiger charge is 2.60. The van der Waals surface area contributed by atoms with Crippen LogP contribution in [0.3, 0.4) is 0 Å². The second-order valence-electron chi connectivity index (χ2n) is 13.5. The van der Waals surface area contributed by atoms with Crippen molar-refractivity contribution in [2.75, 3.05) is 20.3 Å². The van der Waals surface area contributed by atoms with Gasteiger partial charge in [-0.05, 0) is 42.8 Å². The van der Waals surface area contributed by atoms with E-state index in [0.29, 0.717) is 5.56 Å². The summed E-state index contributed by atoms with van der Waals surface area (Å²) in [6.07, 6.45) is -9.86. The number of esters is 3. The summed E-state index contributed by atoms with van der Waals surface area (Å²) in [5, 5.41) is 80.2. The smallest absolute Gasteiger partial charge is 0.338 e. The predicted octanol–water partition coefficient (Wildman–Crippen LogP) is -2.94. The molecule has 1 spiro atoms. The molecule has 1 aromatic rings. The van der Waals surface area contributed by atoms with Crippen molar-refractivity contribution in [3.63, 3.8) is 0 Å². The van der Waals surface area contributed by atoms with Crippen molar-refractivity contribution in [2.24, 2.45) is 11.8 Å². The molecule has 5 aliphatic rings. The second kappa shape index (κ2) is 16.5. The second-order valence-corrected chi connectivity index (χ2v) is 13.5. The third kappa shape index (κ3) is 7.91. The molecular weight excluding hydrogens is 736 g/mol. The number of allylic oxidation sites excluding steroid dienone is 1. The Morgan fingerprint density at radius 1 is 0.873 bits per heavy atom. The molecule has 15 atom stereocenters. The maximum Gasteiger partial charge on any atom is 0.338 e. The van der Waals surface area contributed by atoms with Gasteiger partial charge in [0.1, 0.15) is 60.7 Å². The van der Waals surface area contributed by atoms with Gasteiger partial charge in [0, 0.05) is 12.0 Å². The van der Waals surface area contributed by atoms with Gasteiger partial charge in [0.15, 0.2) is 11.9 Å². The Labute approximate surface area is 312 Å². The molecule has 1 aromatic carbocycles. The number of rotatable bonds is 11. The molecule has 300 valence electrons. The lowest BCUT2D eigenvalue weighted by Gasteiger charge is -2.44. The number of ether oxygens (including phenoxy) is 8. The minimum Gasteiger partial charge on any atom is -0.471 e. The van der Waals surface area contributed by atoms with Gasteiger partial charge in [0.05, 0.1) is 43.6 Å². The molecule has 6 rings (SSSR count). The van der Waals surface area contributed by atoms with E-state index in [1.807, 2.05) is 0 Å². The summed E-state index contributed by atoms with van der Waals surface area (Å²) in [5.74, 6) is -4.10. The lowest BCUT2D eigenvalue weighted by atomic mass is 9.78. The summed E-state index contributed by atoms with van der Waals surface area (Å²) in [6.45, 7) is 0.110. The van der Waals surface area contributed by atoms with E-state index >= 15 is 0 Å². The molecule has 1 aliphatic carbocycles. The maximum atomic E-state index is 13.3. The van der Waals surface area contributed by atoms with E-state index in [1.165, 1.54) is 44.4 Å². The number of benzene rings is 1. The van der Waals surface area contributed by atoms with Crippen molar-refractivity contribution in [3.05, 3.63) is 71.5 Å². The standard InChI is InChI=1S/C36H42O19/c1-15(50-23(39)8-5-16-3-6-17(7-4-16)51-34-29(44)27(42)25(40)21(12-37)52-34)19-11-36(55-32(19)47)10-9-18-20(31(46)48-2)14-49-33(24(18)36)54-35-30(45)28(43)26(41)22(13-38)53-35/h3-11,14-15,18,21-22,24-30,33-35,37-38,40-45H,12-13H2,1-2H3/b8-5+/t15-,18+,21+,22+,24+,25+,26+,27-,28-,29+,30+,33-,34+,35-,36-/m0/s1. The van der Waals surface area contributed by atoms with Crippen LogP contribution in [-0.4, -0.2) is 158 Å². The fraction of sp³-hybridized carbons (Fsp3) is 0.528. The zero-order chi connectivity index (χ0) is 39.8. The van der Waals surface area contributed by atoms with E-state index in [2.05, 4.69) is 0 Å². The first-order valence-electron chi connectivity index (χ1n) is 17.2. The van der Waals surface area contributed by atoms with Gasteiger partial charge >= 0.3 is 17.9 Å². The molecule has 0 unspecified atom stereocenters. The Kier molecular flexibility index (Phi) is 12.1. The minimum absolute atomic E-state index is 0.0465. The third-order valence-corrected chi connectivity index (χ3v) is 10.0. The van der Waals surface area contributed by atoms with Crippen molar-refractivity contribution in [3.8, 4) is 5.75 Å². The molecule has 0 radical (unpaired) electrons. The molecule has 19 nitrogen and oxygen atoms in total. The number of carbonyl (C=O) groups excluding carboxylic acids is 3. The van der Waals surface area contributed by atoms with E-state index in [1.54, 1.807) is 18.2 Å². The number of methoxy groups -OCH3 is 1. The fourth-order valence-corrected chi connectivity index (χ4v) is 6.96. The summed E-state index contributed by atoms with van der Waals surface area (Å²) in [6, 6.07) is 6.09. The molecule has 55 heavy (non-hydrogen) atoms. The van der Waals surface area contributed by atoms with Gasteiger partial charge in [-0.2, -0.15) is 0 Å². The first kappa shape index (κ1) is 40.4. The molecular formula is C36H42O19. The molecule has 0 saturated carbocycles. The summed E-state index contributed by atoms with van der Waals surface area (Å²) in [4.78, 5) is 38.8. The largest absolute Gasteiger partial charge is 0.471 e. The number of aliphatic hydroxyl groups excluding tert-OH is 8. The van der Waals surface area contributed by atoms with Crippen LogP contribution in [0.5, 0.6) is 5.75 Å². The van der Waals surface area contributed by atoms with Crippen molar-refractivity contribution < 1.29 is 93.1 Å². The first-order valence-corrected chi connectivity index (χ1v) is 17.2. The molecule has 4 aliphatic heterocycles. The van der Waals surface area contributed by atoms with Gasteiger partial charge in [0.2, 0.25) is 12.6 Å². The van der Waals surface area contributed by atoms with Crippen molar-refractivity contribution in [2.45, 2.75) is 86.3 Å². The van der Waals surface area contributed by atoms with Crippen LogP contribution >= 0.6 is 0 Å². The third-order valence-electron chi connectivity index (χ3n) is 10.0. The fourth-order valence-electron chi connectivity index (χ4n) is 6.96. The van der Waals surface area contributed by atoms with Gasteiger partial charge in [-0.3, -0.25) is 0 Å².